The summed E-state index contributed by atoms with van der Waals surface area (Å²) in [6, 6.07) is 11.6. The number of rotatable bonds is 6. The highest BCUT2D eigenvalue weighted by atomic mass is 16.5. The number of ether oxygens (including phenoxy) is 3. The van der Waals surface area contributed by atoms with Crippen molar-refractivity contribution in [2.75, 3.05) is 19.5 Å². The molecule has 0 spiro atoms. The molecule has 1 heterocycles. The summed E-state index contributed by atoms with van der Waals surface area (Å²) < 4.78 is 21.3. The SMILES string of the molecule is COc1ccc(NC(=O)C(C)Oc2ccc3c(C)cc(=O)oc3c2)c(OC)c1. The summed E-state index contributed by atoms with van der Waals surface area (Å²) >= 11 is 0. The molecule has 3 aromatic rings. The maximum absolute atomic E-state index is 12.5. The van der Waals surface area contributed by atoms with E-state index in [1.165, 1.54) is 13.2 Å². The Kier molecular flexibility index (Phi) is 5.54. The van der Waals surface area contributed by atoms with Crippen molar-refractivity contribution in [3.8, 4) is 17.2 Å². The van der Waals surface area contributed by atoms with E-state index in [2.05, 4.69) is 5.32 Å². The van der Waals surface area contributed by atoms with Crippen LogP contribution in [0.25, 0.3) is 11.0 Å². The number of hydrogen-bond acceptors (Lipinski definition) is 6. The molecule has 7 nitrogen and oxygen atoms in total. The average Bonchev–Trinajstić information content (AvgIpc) is 2.67. The van der Waals surface area contributed by atoms with Gasteiger partial charge in [0, 0.05) is 23.6 Å². The van der Waals surface area contributed by atoms with E-state index in [0.717, 1.165) is 10.9 Å². The van der Waals surface area contributed by atoms with Crippen LogP contribution in [-0.4, -0.2) is 26.2 Å². The zero-order chi connectivity index (χ0) is 20.3. The van der Waals surface area contributed by atoms with Gasteiger partial charge < -0.3 is 23.9 Å². The second-order valence-electron chi connectivity index (χ2n) is 6.22. The third kappa shape index (κ3) is 4.09. The number of carbonyl (C=O) groups is 1. The van der Waals surface area contributed by atoms with E-state index in [1.54, 1.807) is 50.4 Å². The Morgan fingerprint density at radius 3 is 2.50 bits per heavy atom. The van der Waals surface area contributed by atoms with Crippen LogP contribution in [0, 0.1) is 6.92 Å². The number of amides is 1. The fourth-order valence-corrected chi connectivity index (χ4v) is 2.77. The Bertz CT molecular complexity index is 1070. The lowest BCUT2D eigenvalue weighted by molar-refractivity contribution is -0.122. The number of carbonyl (C=O) groups excluding carboxylic acids is 1. The molecule has 0 fully saturated rings. The van der Waals surface area contributed by atoms with Crippen molar-refractivity contribution in [1.82, 2.24) is 0 Å². The van der Waals surface area contributed by atoms with Gasteiger partial charge in [-0.05, 0) is 43.7 Å². The predicted molar refractivity (Wildman–Crippen MR) is 105 cm³/mol. The molecule has 0 aliphatic rings. The van der Waals surface area contributed by atoms with Gasteiger partial charge in [0.2, 0.25) is 0 Å². The highest BCUT2D eigenvalue weighted by molar-refractivity contribution is 5.95. The fraction of sp³-hybridized carbons (Fsp3) is 0.238. The van der Waals surface area contributed by atoms with Crippen molar-refractivity contribution in [2.45, 2.75) is 20.0 Å². The van der Waals surface area contributed by atoms with Crippen molar-refractivity contribution < 1.29 is 23.4 Å². The number of nitrogens with one attached hydrogen (secondary N) is 1. The third-order valence-corrected chi connectivity index (χ3v) is 4.27. The number of anilines is 1. The van der Waals surface area contributed by atoms with Gasteiger partial charge in [-0.15, -0.1) is 0 Å². The predicted octanol–water partition coefficient (Wildman–Crippen LogP) is 3.52. The van der Waals surface area contributed by atoms with Gasteiger partial charge in [0.15, 0.2) is 6.10 Å². The Balaban J connectivity index is 1.76. The molecule has 1 aromatic heterocycles. The topological polar surface area (TPSA) is 87.0 Å². The first-order chi connectivity index (χ1) is 13.4. The molecule has 2 aromatic carbocycles. The molecule has 1 atom stereocenters. The van der Waals surface area contributed by atoms with Crippen LogP contribution < -0.4 is 25.2 Å². The van der Waals surface area contributed by atoms with Crippen molar-refractivity contribution in [3.05, 3.63) is 58.4 Å². The van der Waals surface area contributed by atoms with E-state index in [4.69, 9.17) is 18.6 Å². The summed E-state index contributed by atoms with van der Waals surface area (Å²) in [6.07, 6.45) is -0.791. The summed E-state index contributed by atoms with van der Waals surface area (Å²) in [4.78, 5) is 24.1. The molecule has 1 amide bonds. The number of hydrogen-bond donors (Lipinski definition) is 1. The lowest BCUT2D eigenvalue weighted by atomic mass is 10.1. The van der Waals surface area contributed by atoms with Gasteiger partial charge in [-0.2, -0.15) is 0 Å². The van der Waals surface area contributed by atoms with Crippen LogP contribution in [0.4, 0.5) is 5.69 Å². The van der Waals surface area contributed by atoms with Gasteiger partial charge in [0.1, 0.15) is 22.8 Å². The molecule has 0 saturated carbocycles. The van der Waals surface area contributed by atoms with E-state index >= 15 is 0 Å². The molecule has 0 aliphatic carbocycles. The zero-order valence-corrected chi connectivity index (χ0v) is 16.1. The van der Waals surface area contributed by atoms with Crippen LogP contribution in [0.1, 0.15) is 12.5 Å². The molecule has 0 radical (unpaired) electrons. The molecule has 7 heteroatoms. The van der Waals surface area contributed by atoms with Crippen molar-refractivity contribution in [1.29, 1.82) is 0 Å². The molecule has 1 N–H and O–H groups in total. The van der Waals surface area contributed by atoms with Crippen molar-refractivity contribution >= 4 is 22.6 Å². The van der Waals surface area contributed by atoms with Gasteiger partial charge >= 0.3 is 5.63 Å². The first kappa shape index (κ1) is 19.3. The maximum Gasteiger partial charge on any atom is 0.336 e. The van der Waals surface area contributed by atoms with Crippen LogP contribution in [0.3, 0.4) is 0 Å². The summed E-state index contributed by atoms with van der Waals surface area (Å²) in [5.41, 5.74) is 1.30. The molecule has 0 bridgehead atoms. The Morgan fingerprint density at radius 1 is 1.04 bits per heavy atom. The minimum absolute atomic E-state index is 0.353. The molecular formula is C21H21NO6. The van der Waals surface area contributed by atoms with Gasteiger partial charge in [0.25, 0.3) is 5.91 Å². The van der Waals surface area contributed by atoms with Crippen molar-refractivity contribution in [3.63, 3.8) is 0 Å². The second-order valence-corrected chi connectivity index (χ2v) is 6.22. The van der Waals surface area contributed by atoms with Gasteiger partial charge in [-0.3, -0.25) is 4.79 Å². The highest BCUT2D eigenvalue weighted by Gasteiger charge is 2.17. The molecular weight excluding hydrogens is 362 g/mol. The third-order valence-electron chi connectivity index (χ3n) is 4.27. The molecule has 3 rings (SSSR count). The number of fused-ring (bicyclic) bond motifs is 1. The first-order valence-electron chi connectivity index (χ1n) is 8.65. The molecule has 0 aliphatic heterocycles. The lowest BCUT2D eigenvalue weighted by Crippen LogP contribution is -2.30. The largest absolute Gasteiger partial charge is 0.497 e. The Labute approximate surface area is 161 Å². The summed E-state index contributed by atoms with van der Waals surface area (Å²) in [7, 11) is 3.06. The quantitative estimate of drug-likeness (QED) is 0.656. The maximum atomic E-state index is 12.5. The van der Waals surface area contributed by atoms with Crippen molar-refractivity contribution in [2.24, 2.45) is 0 Å². The summed E-state index contributed by atoms with van der Waals surface area (Å²) in [6.45, 7) is 3.46. The van der Waals surface area contributed by atoms with Gasteiger partial charge in [-0.1, -0.05) is 0 Å². The van der Waals surface area contributed by atoms with Crippen LogP contribution >= 0.6 is 0 Å². The van der Waals surface area contributed by atoms with E-state index in [1.807, 2.05) is 6.92 Å². The van der Waals surface area contributed by atoms with E-state index in [9.17, 15) is 9.59 Å². The smallest absolute Gasteiger partial charge is 0.336 e. The second kappa shape index (κ2) is 8.04. The van der Waals surface area contributed by atoms with Gasteiger partial charge in [0.05, 0.1) is 19.9 Å². The zero-order valence-electron chi connectivity index (χ0n) is 16.1. The lowest BCUT2D eigenvalue weighted by Gasteiger charge is -2.17. The first-order valence-corrected chi connectivity index (χ1v) is 8.65. The van der Waals surface area contributed by atoms with E-state index in [0.29, 0.717) is 28.5 Å². The standard InChI is InChI=1S/C21H21NO6/c1-12-9-20(23)28-18-11-15(5-7-16(12)18)27-13(2)21(24)22-17-8-6-14(25-3)10-19(17)26-4/h5-11,13H,1-4H3,(H,22,24). The van der Waals surface area contributed by atoms with Crippen LogP contribution in [0.2, 0.25) is 0 Å². The Morgan fingerprint density at radius 2 is 1.79 bits per heavy atom. The summed E-state index contributed by atoms with van der Waals surface area (Å²) in [5, 5.41) is 3.58. The highest BCUT2D eigenvalue weighted by Crippen LogP contribution is 2.29. The van der Waals surface area contributed by atoms with Gasteiger partial charge in [-0.25, -0.2) is 4.79 Å². The molecule has 1 unspecified atom stereocenters. The molecule has 0 saturated heterocycles. The number of aryl methyl sites for hydroxylation is 1. The Hall–Kier alpha value is -3.48. The van der Waals surface area contributed by atoms with E-state index < -0.39 is 11.7 Å². The van der Waals surface area contributed by atoms with Crippen LogP contribution in [-0.2, 0) is 4.79 Å². The van der Waals surface area contributed by atoms with Crippen LogP contribution in [0.5, 0.6) is 17.2 Å². The summed E-state index contributed by atoms with van der Waals surface area (Å²) in [5.74, 6) is 1.16. The molecule has 146 valence electrons. The molecule has 28 heavy (non-hydrogen) atoms. The van der Waals surface area contributed by atoms with Crippen LogP contribution in [0.15, 0.2) is 51.7 Å². The fourth-order valence-electron chi connectivity index (χ4n) is 2.77. The average molecular weight is 383 g/mol. The number of benzene rings is 2. The van der Waals surface area contributed by atoms with E-state index in [-0.39, 0.29) is 5.91 Å². The monoisotopic (exact) mass is 383 g/mol. The minimum Gasteiger partial charge on any atom is -0.497 e. The number of methoxy groups -OCH3 is 2. The normalized spacial score (nSPS) is 11.7. The minimum atomic E-state index is -0.791.